The molecule has 0 bridgehead atoms. The summed E-state index contributed by atoms with van der Waals surface area (Å²) in [5.41, 5.74) is 3.73. The molecule has 1 atom stereocenters. The van der Waals surface area contributed by atoms with Crippen molar-refractivity contribution in [1.29, 1.82) is 0 Å². The molecule has 6 heteroatoms. The van der Waals surface area contributed by atoms with Crippen LogP contribution in [-0.4, -0.2) is 21.6 Å². The van der Waals surface area contributed by atoms with Crippen LogP contribution in [0.1, 0.15) is 12.0 Å². The Balaban J connectivity index is 1.46. The van der Waals surface area contributed by atoms with Gasteiger partial charge in [-0.1, -0.05) is 48.0 Å². The van der Waals surface area contributed by atoms with E-state index < -0.39 is 5.92 Å². The molecule has 136 valence electrons. The molecule has 0 aliphatic carbocycles. The number of hydrogen-bond donors (Lipinski definition) is 2. The molecule has 6 nitrogen and oxygen atoms in total. The van der Waals surface area contributed by atoms with Gasteiger partial charge in [0.25, 0.3) is 0 Å². The standard InChI is InChI=1S/C21H20N4O2/c1-14-7-9-17(10-8-14)23-19(26)11-16-13-25-20(24-21(16)27)18(12-22-25)15-5-3-2-4-6-15/h2-10,12,16H,11,13H2,1H3,(H,23,26)(H,24,27)/t16-/m1/s1. The number of carbonyl (C=O) groups is 2. The van der Waals surface area contributed by atoms with Crippen LogP contribution >= 0.6 is 0 Å². The molecule has 1 aliphatic heterocycles. The lowest BCUT2D eigenvalue weighted by Crippen LogP contribution is -2.36. The molecule has 2 heterocycles. The first-order chi connectivity index (χ1) is 13.1. The van der Waals surface area contributed by atoms with Gasteiger partial charge < -0.3 is 10.6 Å². The number of aryl methyl sites for hydroxylation is 1. The van der Waals surface area contributed by atoms with Crippen LogP contribution in [-0.2, 0) is 16.1 Å². The Hall–Kier alpha value is -3.41. The lowest BCUT2D eigenvalue weighted by atomic mass is 10.0. The Bertz CT molecular complexity index is 977. The zero-order valence-corrected chi connectivity index (χ0v) is 15.0. The number of fused-ring (bicyclic) bond motifs is 1. The molecule has 0 saturated carbocycles. The largest absolute Gasteiger partial charge is 0.326 e. The molecule has 0 radical (unpaired) electrons. The lowest BCUT2D eigenvalue weighted by molar-refractivity contribution is -0.125. The Morgan fingerprint density at radius 3 is 2.67 bits per heavy atom. The van der Waals surface area contributed by atoms with Crippen LogP contribution in [0, 0.1) is 12.8 Å². The smallest absolute Gasteiger partial charge is 0.231 e. The van der Waals surface area contributed by atoms with Gasteiger partial charge in [0.15, 0.2) is 0 Å². The van der Waals surface area contributed by atoms with Crippen molar-refractivity contribution < 1.29 is 9.59 Å². The maximum absolute atomic E-state index is 12.5. The molecule has 2 amide bonds. The van der Waals surface area contributed by atoms with Crippen LogP contribution in [0.4, 0.5) is 11.5 Å². The Morgan fingerprint density at radius 2 is 1.93 bits per heavy atom. The lowest BCUT2D eigenvalue weighted by Gasteiger charge is -2.24. The van der Waals surface area contributed by atoms with Gasteiger partial charge in [-0.15, -0.1) is 0 Å². The van der Waals surface area contributed by atoms with E-state index in [0.717, 1.165) is 22.4 Å². The second kappa shape index (κ2) is 7.07. The van der Waals surface area contributed by atoms with E-state index in [1.54, 1.807) is 10.9 Å². The fourth-order valence-corrected chi connectivity index (χ4v) is 3.22. The SMILES string of the molecule is Cc1ccc(NC(=O)C[C@@H]2Cn3ncc(-c4ccccc4)c3NC2=O)cc1. The molecular formula is C21H20N4O2. The quantitative estimate of drug-likeness (QED) is 0.748. The zero-order valence-electron chi connectivity index (χ0n) is 15.0. The number of carbonyl (C=O) groups excluding carboxylic acids is 2. The molecule has 4 rings (SSSR count). The van der Waals surface area contributed by atoms with Gasteiger partial charge >= 0.3 is 0 Å². The highest BCUT2D eigenvalue weighted by molar-refractivity contribution is 6.00. The summed E-state index contributed by atoms with van der Waals surface area (Å²) in [6.45, 7) is 2.37. The van der Waals surface area contributed by atoms with Crippen molar-refractivity contribution in [1.82, 2.24) is 9.78 Å². The van der Waals surface area contributed by atoms with E-state index in [-0.39, 0.29) is 18.2 Å². The van der Waals surface area contributed by atoms with Gasteiger partial charge in [0.05, 0.1) is 18.7 Å². The van der Waals surface area contributed by atoms with Crippen molar-refractivity contribution in [3.63, 3.8) is 0 Å². The number of nitrogens with one attached hydrogen (secondary N) is 2. The summed E-state index contributed by atoms with van der Waals surface area (Å²) in [4.78, 5) is 24.9. The molecule has 1 aromatic heterocycles. The van der Waals surface area contributed by atoms with Gasteiger partial charge in [-0.25, -0.2) is 4.68 Å². The first-order valence-electron chi connectivity index (χ1n) is 8.89. The van der Waals surface area contributed by atoms with Crippen LogP contribution in [0.3, 0.4) is 0 Å². The van der Waals surface area contributed by atoms with Crippen molar-refractivity contribution in [2.45, 2.75) is 19.9 Å². The summed E-state index contributed by atoms with van der Waals surface area (Å²) in [5, 5.41) is 10.1. The van der Waals surface area contributed by atoms with Crippen LogP contribution in [0.2, 0.25) is 0 Å². The highest BCUT2D eigenvalue weighted by Gasteiger charge is 2.30. The first-order valence-corrected chi connectivity index (χ1v) is 8.89. The number of amides is 2. The topological polar surface area (TPSA) is 76.0 Å². The maximum atomic E-state index is 12.5. The predicted octanol–water partition coefficient (Wildman–Crippen LogP) is 3.46. The van der Waals surface area contributed by atoms with Crippen molar-refractivity contribution >= 4 is 23.3 Å². The maximum Gasteiger partial charge on any atom is 0.231 e. The summed E-state index contributed by atoms with van der Waals surface area (Å²) < 4.78 is 1.76. The summed E-state index contributed by atoms with van der Waals surface area (Å²) in [7, 11) is 0. The van der Waals surface area contributed by atoms with Crippen molar-refractivity contribution in [2.24, 2.45) is 5.92 Å². The number of anilines is 2. The zero-order chi connectivity index (χ0) is 18.8. The highest BCUT2D eigenvalue weighted by Crippen LogP contribution is 2.31. The number of benzene rings is 2. The average Bonchev–Trinajstić information content (AvgIpc) is 3.07. The second-order valence-corrected chi connectivity index (χ2v) is 6.76. The Labute approximate surface area is 157 Å². The van der Waals surface area contributed by atoms with Gasteiger partial charge in [-0.3, -0.25) is 9.59 Å². The first kappa shape index (κ1) is 17.0. The molecule has 0 spiro atoms. The van der Waals surface area contributed by atoms with E-state index in [9.17, 15) is 9.59 Å². The second-order valence-electron chi connectivity index (χ2n) is 6.76. The van der Waals surface area contributed by atoms with Gasteiger partial charge in [0, 0.05) is 17.7 Å². The molecule has 0 unspecified atom stereocenters. The molecule has 0 saturated heterocycles. The molecule has 2 N–H and O–H groups in total. The number of rotatable bonds is 4. The molecule has 1 aliphatic rings. The summed E-state index contributed by atoms with van der Waals surface area (Å²) in [5.74, 6) is -0.106. The fraction of sp³-hybridized carbons (Fsp3) is 0.190. The third kappa shape index (κ3) is 3.60. The minimum absolute atomic E-state index is 0.111. The van der Waals surface area contributed by atoms with Crippen molar-refractivity contribution in [2.75, 3.05) is 10.6 Å². The predicted molar refractivity (Wildman–Crippen MR) is 104 cm³/mol. The van der Waals surface area contributed by atoms with Crippen LogP contribution in [0.5, 0.6) is 0 Å². The normalized spacial score (nSPS) is 15.7. The summed E-state index contributed by atoms with van der Waals surface area (Å²) in [6, 6.07) is 17.4. The Kier molecular flexibility index (Phi) is 4.46. The van der Waals surface area contributed by atoms with Gasteiger partial charge in [0.2, 0.25) is 11.8 Å². The Morgan fingerprint density at radius 1 is 1.19 bits per heavy atom. The number of aromatic nitrogens is 2. The van der Waals surface area contributed by atoms with E-state index in [1.165, 1.54) is 0 Å². The van der Waals surface area contributed by atoms with E-state index in [2.05, 4.69) is 15.7 Å². The molecule has 2 aromatic carbocycles. The molecular weight excluding hydrogens is 340 g/mol. The monoisotopic (exact) mass is 360 g/mol. The van der Waals surface area contributed by atoms with Gasteiger partial charge in [-0.2, -0.15) is 5.10 Å². The fourth-order valence-electron chi connectivity index (χ4n) is 3.22. The van der Waals surface area contributed by atoms with E-state index in [0.29, 0.717) is 12.4 Å². The van der Waals surface area contributed by atoms with Crippen LogP contribution in [0.25, 0.3) is 11.1 Å². The number of hydrogen-bond acceptors (Lipinski definition) is 3. The van der Waals surface area contributed by atoms with E-state index in [4.69, 9.17) is 0 Å². The van der Waals surface area contributed by atoms with Crippen molar-refractivity contribution in [3.05, 3.63) is 66.4 Å². The molecule has 0 fully saturated rings. The third-order valence-corrected chi connectivity index (χ3v) is 4.70. The molecule has 3 aromatic rings. The van der Waals surface area contributed by atoms with Gasteiger partial charge in [-0.05, 0) is 24.6 Å². The van der Waals surface area contributed by atoms with Crippen molar-refractivity contribution in [3.8, 4) is 11.1 Å². The third-order valence-electron chi connectivity index (χ3n) is 4.70. The van der Waals surface area contributed by atoms with E-state index >= 15 is 0 Å². The van der Waals surface area contributed by atoms with Crippen LogP contribution in [0.15, 0.2) is 60.8 Å². The average molecular weight is 360 g/mol. The van der Waals surface area contributed by atoms with Crippen LogP contribution < -0.4 is 10.6 Å². The number of nitrogens with zero attached hydrogens (tertiary/aromatic N) is 2. The highest BCUT2D eigenvalue weighted by atomic mass is 16.2. The van der Waals surface area contributed by atoms with Gasteiger partial charge in [0.1, 0.15) is 5.82 Å². The minimum Gasteiger partial charge on any atom is -0.326 e. The summed E-state index contributed by atoms with van der Waals surface area (Å²) in [6.07, 6.45) is 1.86. The minimum atomic E-state index is -0.452. The molecule has 27 heavy (non-hydrogen) atoms. The summed E-state index contributed by atoms with van der Waals surface area (Å²) >= 11 is 0. The van der Waals surface area contributed by atoms with E-state index in [1.807, 2.05) is 61.5 Å².